The molecule has 1 saturated carbocycles. The lowest BCUT2D eigenvalue weighted by Gasteiger charge is -2.29. The molecular formula is C13H19F3N4. The number of nitrogen functional groups attached to an aromatic ring is 1. The number of aromatic nitrogens is 2. The van der Waals surface area contributed by atoms with Crippen LogP contribution in [0, 0.1) is 11.8 Å². The predicted molar refractivity (Wildman–Crippen MR) is 71.1 cm³/mol. The van der Waals surface area contributed by atoms with Crippen LogP contribution in [0.3, 0.4) is 0 Å². The van der Waals surface area contributed by atoms with E-state index in [-0.39, 0.29) is 11.6 Å². The Morgan fingerprint density at radius 3 is 2.65 bits per heavy atom. The van der Waals surface area contributed by atoms with Gasteiger partial charge < -0.3 is 11.1 Å². The highest BCUT2D eigenvalue weighted by Gasteiger charge is 2.35. The van der Waals surface area contributed by atoms with Crippen LogP contribution in [0.4, 0.5) is 24.8 Å². The van der Waals surface area contributed by atoms with Gasteiger partial charge in [0.05, 0.1) is 0 Å². The van der Waals surface area contributed by atoms with E-state index >= 15 is 0 Å². The fraction of sp³-hybridized carbons (Fsp3) is 0.692. The normalized spacial score (nSPS) is 23.6. The third-order valence-electron chi connectivity index (χ3n) is 3.83. The van der Waals surface area contributed by atoms with Crippen LogP contribution in [-0.4, -0.2) is 16.5 Å². The molecule has 0 amide bonds. The summed E-state index contributed by atoms with van der Waals surface area (Å²) in [6, 6.07) is 1.34. The molecule has 3 N–H and O–H groups in total. The molecule has 1 aliphatic rings. The summed E-state index contributed by atoms with van der Waals surface area (Å²) in [5.41, 5.74) is 5.40. The van der Waals surface area contributed by atoms with Gasteiger partial charge in [0.2, 0.25) is 5.82 Å². The van der Waals surface area contributed by atoms with Gasteiger partial charge in [-0.15, -0.1) is 0 Å². The first-order valence-corrected chi connectivity index (χ1v) is 6.82. The maximum atomic E-state index is 12.6. The van der Waals surface area contributed by atoms with Crippen LogP contribution in [0.1, 0.15) is 38.4 Å². The third kappa shape index (κ3) is 3.74. The van der Waals surface area contributed by atoms with Gasteiger partial charge in [-0.3, -0.25) is 0 Å². The second-order valence-electron chi connectivity index (χ2n) is 5.40. The zero-order valence-electron chi connectivity index (χ0n) is 11.4. The molecule has 1 aliphatic carbocycles. The van der Waals surface area contributed by atoms with Gasteiger partial charge in [0, 0.05) is 12.6 Å². The Labute approximate surface area is 116 Å². The van der Waals surface area contributed by atoms with E-state index in [4.69, 9.17) is 5.73 Å². The fourth-order valence-corrected chi connectivity index (χ4v) is 2.62. The van der Waals surface area contributed by atoms with E-state index in [0.29, 0.717) is 18.4 Å². The maximum Gasteiger partial charge on any atom is 0.451 e. The Balaban J connectivity index is 2.04. The van der Waals surface area contributed by atoms with Gasteiger partial charge in [-0.2, -0.15) is 13.2 Å². The van der Waals surface area contributed by atoms with E-state index in [1.165, 1.54) is 25.3 Å². The van der Waals surface area contributed by atoms with Crippen molar-refractivity contribution in [1.82, 2.24) is 9.97 Å². The molecule has 0 saturated heterocycles. The highest BCUT2D eigenvalue weighted by atomic mass is 19.4. The number of nitrogens with zero attached hydrogens (tertiary/aromatic N) is 2. The van der Waals surface area contributed by atoms with Crippen molar-refractivity contribution >= 4 is 11.6 Å². The summed E-state index contributed by atoms with van der Waals surface area (Å²) in [6.07, 6.45) is 0.101. The molecule has 0 spiro atoms. The van der Waals surface area contributed by atoms with Crippen molar-refractivity contribution in [2.45, 2.75) is 38.8 Å². The van der Waals surface area contributed by atoms with Crippen molar-refractivity contribution in [3.63, 3.8) is 0 Å². The number of nitrogens with one attached hydrogen (secondary N) is 1. The van der Waals surface area contributed by atoms with E-state index in [2.05, 4.69) is 22.2 Å². The second-order valence-corrected chi connectivity index (χ2v) is 5.40. The summed E-state index contributed by atoms with van der Waals surface area (Å²) in [6.45, 7) is 2.80. The van der Waals surface area contributed by atoms with E-state index in [9.17, 15) is 13.2 Å². The van der Waals surface area contributed by atoms with Gasteiger partial charge in [-0.25, -0.2) is 9.97 Å². The zero-order valence-corrected chi connectivity index (χ0v) is 11.4. The highest BCUT2D eigenvalue weighted by molar-refractivity contribution is 5.44. The standard InChI is InChI=1S/C13H19F3N4/c1-8-4-2-3-5-9(8)7-18-11-6-10(17)19-12(20-11)13(14,15)16/h6,8-9H,2-5,7H2,1H3,(H3,17,18,19,20). The molecule has 1 heterocycles. The number of alkyl halides is 3. The molecule has 1 aromatic heterocycles. The molecule has 1 aromatic rings. The summed E-state index contributed by atoms with van der Waals surface area (Å²) < 4.78 is 37.8. The summed E-state index contributed by atoms with van der Waals surface area (Å²) in [5, 5.41) is 2.97. The molecule has 20 heavy (non-hydrogen) atoms. The fourth-order valence-electron chi connectivity index (χ4n) is 2.62. The van der Waals surface area contributed by atoms with Crippen LogP contribution < -0.4 is 11.1 Å². The van der Waals surface area contributed by atoms with Crippen LogP contribution in [-0.2, 0) is 6.18 Å². The van der Waals surface area contributed by atoms with Crippen molar-refractivity contribution in [2.75, 3.05) is 17.6 Å². The number of anilines is 2. The first-order valence-electron chi connectivity index (χ1n) is 6.82. The Morgan fingerprint density at radius 1 is 1.30 bits per heavy atom. The second kappa shape index (κ2) is 5.85. The van der Waals surface area contributed by atoms with Gasteiger partial charge in [-0.05, 0) is 18.3 Å². The molecule has 2 rings (SSSR count). The smallest absolute Gasteiger partial charge is 0.384 e. The average Bonchev–Trinajstić information content (AvgIpc) is 2.36. The zero-order chi connectivity index (χ0) is 14.8. The minimum absolute atomic E-state index is 0.141. The number of rotatable bonds is 3. The highest BCUT2D eigenvalue weighted by Crippen LogP contribution is 2.30. The largest absolute Gasteiger partial charge is 0.451 e. The third-order valence-corrected chi connectivity index (χ3v) is 3.83. The average molecular weight is 288 g/mol. The van der Waals surface area contributed by atoms with Crippen LogP contribution in [0.5, 0.6) is 0 Å². The minimum Gasteiger partial charge on any atom is -0.384 e. The lowest BCUT2D eigenvalue weighted by Crippen LogP contribution is -2.25. The summed E-state index contributed by atoms with van der Waals surface area (Å²) in [5.74, 6) is -0.183. The Hall–Kier alpha value is -1.53. The maximum absolute atomic E-state index is 12.6. The van der Waals surface area contributed by atoms with E-state index in [1.807, 2.05) is 0 Å². The van der Waals surface area contributed by atoms with Crippen molar-refractivity contribution in [3.05, 3.63) is 11.9 Å². The molecule has 2 unspecified atom stereocenters. The molecule has 1 fully saturated rings. The molecule has 0 aromatic carbocycles. The summed E-state index contributed by atoms with van der Waals surface area (Å²) >= 11 is 0. The number of hydrogen-bond donors (Lipinski definition) is 2. The van der Waals surface area contributed by atoms with Crippen molar-refractivity contribution in [1.29, 1.82) is 0 Å². The van der Waals surface area contributed by atoms with Crippen LogP contribution in [0.15, 0.2) is 6.07 Å². The first kappa shape index (κ1) is 14.9. The van der Waals surface area contributed by atoms with Gasteiger partial charge in [0.25, 0.3) is 0 Å². The van der Waals surface area contributed by atoms with E-state index in [0.717, 1.165) is 6.42 Å². The van der Waals surface area contributed by atoms with Crippen molar-refractivity contribution in [2.24, 2.45) is 11.8 Å². The van der Waals surface area contributed by atoms with E-state index in [1.54, 1.807) is 0 Å². The molecule has 0 bridgehead atoms. The molecule has 0 radical (unpaired) electrons. The summed E-state index contributed by atoms with van der Waals surface area (Å²) in [4.78, 5) is 6.70. The minimum atomic E-state index is -4.58. The Bertz CT molecular complexity index is 461. The molecule has 2 atom stereocenters. The molecule has 4 nitrogen and oxygen atoms in total. The van der Waals surface area contributed by atoms with Crippen LogP contribution in [0.2, 0.25) is 0 Å². The summed E-state index contributed by atoms with van der Waals surface area (Å²) in [7, 11) is 0. The predicted octanol–water partition coefficient (Wildman–Crippen LogP) is 3.32. The molecule has 112 valence electrons. The molecule has 7 heteroatoms. The SMILES string of the molecule is CC1CCCCC1CNc1cc(N)nc(C(F)(F)F)n1. The molecule has 0 aliphatic heterocycles. The lowest BCUT2D eigenvalue weighted by atomic mass is 9.80. The van der Waals surface area contributed by atoms with Gasteiger partial charge >= 0.3 is 6.18 Å². The topological polar surface area (TPSA) is 63.8 Å². The Morgan fingerprint density at radius 2 is 2.00 bits per heavy atom. The molecular weight excluding hydrogens is 269 g/mol. The van der Waals surface area contributed by atoms with Crippen LogP contribution in [0.25, 0.3) is 0 Å². The van der Waals surface area contributed by atoms with E-state index < -0.39 is 12.0 Å². The first-order chi connectivity index (χ1) is 9.36. The quantitative estimate of drug-likeness (QED) is 0.895. The van der Waals surface area contributed by atoms with Crippen LogP contribution >= 0.6 is 0 Å². The lowest BCUT2D eigenvalue weighted by molar-refractivity contribution is -0.144. The Kier molecular flexibility index (Phi) is 4.35. The number of hydrogen-bond acceptors (Lipinski definition) is 4. The van der Waals surface area contributed by atoms with Gasteiger partial charge in [0.1, 0.15) is 11.6 Å². The van der Waals surface area contributed by atoms with Crippen molar-refractivity contribution < 1.29 is 13.2 Å². The van der Waals surface area contributed by atoms with Crippen molar-refractivity contribution in [3.8, 4) is 0 Å². The monoisotopic (exact) mass is 288 g/mol. The van der Waals surface area contributed by atoms with Gasteiger partial charge in [-0.1, -0.05) is 26.2 Å². The number of halogens is 3. The number of nitrogens with two attached hydrogens (primary N) is 1. The van der Waals surface area contributed by atoms with Gasteiger partial charge in [0.15, 0.2) is 0 Å².